The van der Waals surface area contributed by atoms with Crippen LogP contribution in [0.15, 0.2) is 42.5 Å². The molecule has 0 spiro atoms. The van der Waals surface area contributed by atoms with Gasteiger partial charge in [0, 0.05) is 23.9 Å². The van der Waals surface area contributed by atoms with Gasteiger partial charge in [-0.1, -0.05) is 0 Å². The van der Waals surface area contributed by atoms with Gasteiger partial charge >= 0.3 is 6.61 Å². The van der Waals surface area contributed by atoms with Crippen LogP contribution in [0.1, 0.15) is 20.7 Å². The molecule has 8 heteroatoms. The summed E-state index contributed by atoms with van der Waals surface area (Å²) >= 11 is 0. The molecular formula is C17H16F2N2O4. The van der Waals surface area contributed by atoms with Crippen molar-refractivity contribution in [2.45, 2.75) is 6.61 Å². The molecule has 0 unspecified atom stereocenters. The summed E-state index contributed by atoms with van der Waals surface area (Å²) in [5.41, 5.74) is 6.24. The van der Waals surface area contributed by atoms with E-state index in [1.54, 1.807) is 12.1 Å². The van der Waals surface area contributed by atoms with Crippen LogP contribution in [0.2, 0.25) is 0 Å². The van der Waals surface area contributed by atoms with E-state index in [1.165, 1.54) is 49.4 Å². The van der Waals surface area contributed by atoms with E-state index in [0.29, 0.717) is 11.3 Å². The van der Waals surface area contributed by atoms with Crippen LogP contribution < -0.4 is 20.1 Å². The standard InChI is InChI=1S/C17H16F2N2O4/c1-21(12-6-3-10(4-7-12)15(20)22)16(23)11-5-8-13(25-17(18)19)14(9-11)24-2/h3-9,17H,1-2H3,(H2,20,22). The lowest BCUT2D eigenvalue weighted by Crippen LogP contribution is -2.26. The van der Waals surface area contributed by atoms with Gasteiger partial charge in [0.1, 0.15) is 0 Å². The van der Waals surface area contributed by atoms with Crippen molar-refractivity contribution in [3.63, 3.8) is 0 Å². The Morgan fingerprint density at radius 3 is 2.16 bits per heavy atom. The summed E-state index contributed by atoms with van der Waals surface area (Å²) in [6, 6.07) is 10.1. The van der Waals surface area contributed by atoms with Gasteiger partial charge in [-0.3, -0.25) is 9.59 Å². The summed E-state index contributed by atoms with van der Waals surface area (Å²) in [6.45, 7) is -3.00. The molecule has 0 bridgehead atoms. The van der Waals surface area contributed by atoms with Crippen molar-refractivity contribution in [2.24, 2.45) is 5.73 Å². The molecule has 0 heterocycles. The fraction of sp³-hybridized carbons (Fsp3) is 0.176. The number of rotatable bonds is 6. The quantitative estimate of drug-likeness (QED) is 0.868. The van der Waals surface area contributed by atoms with E-state index < -0.39 is 18.4 Å². The van der Waals surface area contributed by atoms with Crippen LogP contribution in [0.3, 0.4) is 0 Å². The Kier molecular flexibility index (Phi) is 5.53. The second-order valence-corrected chi connectivity index (χ2v) is 5.02. The maximum absolute atomic E-state index is 12.6. The molecule has 0 saturated carbocycles. The van der Waals surface area contributed by atoms with E-state index in [-0.39, 0.29) is 17.1 Å². The lowest BCUT2D eigenvalue weighted by atomic mass is 10.1. The van der Waals surface area contributed by atoms with Gasteiger partial charge in [0.25, 0.3) is 5.91 Å². The predicted molar refractivity (Wildman–Crippen MR) is 87.3 cm³/mol. The molecule has 2 amide bonds. The molecule has 0 aliphatic carbocycles. The highest BCUT2D eigenvalue weighted by molar-refractivity contribution is 6.06. The smallest absolute Gasteiger partial charge is 0.387 e. The summed E-state index contributed by atoms with van der Waals surface area (Å²) in [5, 5.41) is 0. The number of carbonyl (C=O) groups is 2. The number of hydrogen-bond donors (Lipinski definition) is 1. The van der Waals surface area contributed by atoms with Gasteiger partial charge in [-0.2, -0.15) is 8.78 Å². The molecule has 2 aromatic rings. The summed E-state index contributed by atoms with van der Waals surface area (Å²) < 4.78 is 34.0. The molecular weight excluding hydrogens is 334 g/mol. The van der Waals surface area contributed by atoms with E-state index in [1.807, 2.05) is 0 Å². The average Bonchev–Trinajstić information content (AvgIpc) is 2.60. The van der Waals surface area contributed by atoms with Gasteiger partial charge < -0.3 is 20.1 Å². The normalized spacial score (nSPS) is 10.4. The number of anilines is 1. The van der Waals surface area contributed by atoms with Crippen LogP contribution in [-0.4, -0.2) is 32.6 Å². The minimum absolute atomic E-state index is 0.0172. The number of primary amides is 1. The molecule has 2 N–H and O–H groups in total. The zero-order chi connectivity index (χ0) is 18.6. The number of nitrogens with zero attached hydrogens (tertiary/aromatic N) is 1. The topological polar surface area (TPSA) is 81.9 Å². The number of halogens is 2. The molecule has 132 valence electrons. The molecule has 0 radical (unpaired) electrons. The number of ether oxygens (including phenoxy) is 2. The zero-order valence-corrected chi connectivity index (χ0v) is 13.5. The van der Waals surface area contributed by atoms with E-state index in [9.17, 15) is 18.4 Å². The summed E-state index contributed by atoms with van der Waals surface area (Å²) in [6.07, 6.45) is 0. The second-order valence-electron chi connectivity index (χ2n) is 5.02. The Balaban J connectivity index is 2.25. The Morgan fingerprint density at radius 1 is 1.04 bits per heavy atom. The molecule has 0 saturated heterocycles. The van der Waals surface area contributed by atoms with Crippen LogP contribution in [0.4, 0.5) is 14.5 Å². The second kappa shape index (κ2) is 7.61. The SMILES string of the molecule is COc1cc(C(=O)N(C)c2ccc(C(N)=O)cc2)ccc1OC(F)F. The van der Waals surface area contributed by atoms with Gasteiger partial charge in [0.15, 0.2) is 11.5 Å². The van der Waals surface area contributed by atoms with E-state index in [4.69, 9.17) is 10.5 Å². The van der Waals surface area contributed by atoms with E-state index >= 15 is 0 Å². The average molecular weight is 350 g/mol. The highest BCUT2D eigenvalue weighted by Crippen LogP contribution is 2.30. The van der Waals surface area contributed by atoms with E-state index in [2.05, 4.69) is 4.74 Å². The molecule has 2 aromatic carbocycles. The first-order valence-electron chi connectivity index (χ1n) is 7.14. The number of hydrogen-bond acceptors (Lipinski definition) is 4. The Bertz CT molecular complexity index is 779. The van der Waals surface area contributed by atoms with Crippen molar-refractivity contribution in [1.82, 2.24) is 0 Å². The number of benzene rings is 2. The summed E-state index contributed by atoms with van der Waals surface area (Å²) in [5.74, 6) is -1.11. The predicted octanol–water partition coefficient (Wildman–Crippen LogP) is 2.67. The van der Waals surface area contributed by atoms with Gasteiger partial charge in [-0.05, 0) is 42.5 Å². The summed E-state index contributed by atoms with van der Waals surface area (Å²) in [4.78, 5) is 25.0. The van der Waals surface area contributed by atoms with Crippen LogP contribution >= 0.6 is 0 Å². The maximum atomic E-state index is 12.6. The molecule has 2 rings (SSSR count). The van der Waals surface area contributed by atoms with Crippen LogP contribution in [-0.2, 0) is 0 Å². The first-order valence-corrected chi connectivity index (χ1v) is 7.14. The molecule has 25 heavy (non-hydrogen) atoms. The van der Waals surface area contributed by atoms with Gasteiger partial charge in [0.05, 0.1) is 7.11 Å². The third-order valence-corrected chi connectivity index (χ3v) is 3.47. The zero-order valence-electron chi connectivity index (χ0n) is 13.5. The molecule has 0 aromatic heterocycles. The summed E-state index contributed by atoms with van der Waals surface area (Å²) in [7, 11) is 2.83. The highest BCUT2D eigenvalue weighted by atomic mass is 19.3. The number of nitrogens with two attached hydrogens (primary N) is 1. The lowest BCUT2D eigenvalue weighted by molar-refractivity contribution is -0.0512. The van der Waals surface area contributed by atoms with Crippen molar-refractivity contribution >= 4 is 17.5 Å². The van der Waals surface area contributed by atoms with Crippen molar-refractivity contribution in [3.05, 3.63) is 53.6 Å². The van der Waals surface area contributed by atoms with E-state index in [0.717, 1.165) is 0 Å². The van der Waals surface area contributed by atoms with Crippen molar-refractivity contribution in [1.29, 1.82) is 0 Å². The minimum Gasteiger partial charge on any atom is -0.493 e. The van der Waals surface area contributed by atoms with Crippen LogP contribution in [0, 0.1) is 0 Å². The fourth-order valence-electron chi connectivity index (χ4n) is 2.15. The van der Waals surface area contributed by atoms with Crippen molar-refractivity contribution in [2.75, 3.05) is 19.1 Å². The van der Waals surface area contributed by atoms with Crippen LogP contribution in [0.25, 0.3) is 0 Å². The monoisotopic (exact) mass is 350 g/mol. The lowest BCUT2D eigenvalue weighted by Gasteiger charge is -2.18. The highest BCUT2D eigenvalue weighted by Gasteiger charge is 2.18. The molecule has 0 atom stereocenters. The molecule has 6 nitrogen and oxygen atoms in total. The van der Waals surface area contributed by atoms with Gasteiger partial charge in [0.2, 0.25) is 5.91 Å². The largest absolute Gasteiger partial charge is 0.493 e. The molecule has 0 aliphatic heterocycles. The molecule has 0 aliphatic rings. The van der Waals surface area contributed by atoms with Gasteiger partial charge in [-0.15, -0.1) is 0 Å². The first-order chi connectivity index (χ1) is 11.8. The maximum Gasteiger partial charge on any atom is 0.387 e. The number of amides is 2. The molecule has 0 fully saturated rings. The Morgan fingerprint density at radius 2 is 1.64 bits per heavy atom. The number of carbonyl (C=O) groups excluding carboxylic acids is 2. The van der Waals surface area contributed by atoms with Crippen molar-refractivity contribution in [3.8, 4) is 11.5 Å². The van der Waals surface area contributed by atoms with Gasteiger partial charge in [-0.25, -0.2) is 0 Å². The minimum atomic E-state index is -3.00. The Labute approximate surface area is 142 Å². The number of alkyl halides is 2. The van der Waals surface area contributed by atoms with Crippen molar-refractivity contribution < 1.29 is 27.8 Å². The Hall–Kier alpha value is -3.16. The number of methoxy groups -OCH3 is 1. The third-order valence-electron chi connectivity index (χ3n) is 3.47. The third kappa shape index (κ3) is 4.23. The van der Waals surface area contributed by atoms with Crippen LogP contribution in [0.5, 0.6) is 11.5 Å². The first kappa shape index (κ1) is 18.2. The fourth-order valence-corrected chi connectivity index (χ4v) is 2.15.